The predicted octanol–water partition coefficient (Wildman–Crippen LogP) is 3.22. The summed E-state index contributed by atoms with van der Waals surface area (Å²) >= 11 is 0. The van der Waals surface area contributed by atoms with Crippen molar-refractivity contribution in [2.45, 2.75) is 32.6 Å². The number of unbranched alkanes of at least 4 members (excludes halogenated alkanes) is 1. The fraction of sp³-hybridized carbons (Fsp3) is 0.571. The van der Waals surface area contributed by atoms with E-state index in [0.717, 1.165) is 13.1 Å². The van der Waals surface area contributed by atoms with Crippen LogP contribution in [0.15, 0.2) is 24.3 Å². The zero-order chi connectivity index (χ0) is 11.8. The maximum atomic E-state index is 3.53. The number of nitrogens with one attached hydrogen (secondary N) is 2. The fourth-order valence-electron chi connectivity index (χ4n) is 1.81. The van der Waals surface area contributed by atoms with Crippen molar-refractivity contribution < 1.29 is 0 Å². The zero-order valence-electron chi connectivity index (χ0n) is 10.7. The van der Waals surface area contributed by atoms with Crippen molar-refractivity contribution in [1.82, 2.24) is 5.32 Å². The molecule has 16 heavy (non-hydrogen) atoms. The molecule has 0 aliphatic heterocycles. The minimum Gasteiger partial charge on any atom is -0.385 e. The molecule has 1 aromatic carbocycles. The average molecular weight is 220 g/mol. The molecule has 0 radical (unpaired) electrons. The molecule has 1 aromatic rings. The van der Waals surface area contributed by atoms with Crippen molar-refractivity contribution in [3.8, 4) is 0 Å². The third-order valence-electron chi connectivity index (χ3n) is 2.75. The largest absolute Gasteiger partial charge is 0.385 e. The van der Waals surface area contributed by atoms with Gasteiger partial charge in [0.25, 0.3) is 0 Å². The summed E-state index contributed by atoms with van der Waals surface area (Å²) in [6.45, 7) is 6.64. The van der Waals surface area contributed by atoms with E-state index in [1.54, 1.807) is 0 Å². The molecule has 0 aliphatic carbocycles. The van der Waals surface area contributed by atoms with Crippen molar-refractivity contribution >= 4 is 5.69 Å². The molecule has 90 valence electrons. The molecule has 0 aliphatic rings. The van der Waals surface area contributed by atoms with E-state index in [0.29, 0.717) is 5.92 Å². The van der Waals surface area contributed by atoms with Gasteiger partial charge in [-0.15, -0.1) is 0 Å². The van der Waals surface area contributed by atoms with Crippen molar-refractivity contribution in [2.75, 3.05) is 25.5 Å². The van der Waals surface area contributed by atoms with Gasteiger partial charge in [0.05, 0.1) is 0 Å². The Balaban J connectivity index is 2.41. The Labute approximate surface area is 99.5 Å². The van der Waals surface area contributed by atoms with E-state index in [9.17, 15) is 0 Å². The molecule has 0 unspecified atom stereocenters. The van der Waals surface area contributed by atoms with Gasteiger partial charge in [0, 0.05) is 12.2 Å². The highest BCUT2D eigenvalue weighted by atomic mass is 14.9. The molecular formula is C14H24N2. The molecule has 0 fully saturated rings. The normalized spacial score (nSPS) is 10.8. The second-order valence-corrected chi connectivity index (χ2v) is 4.48. The first-order valence-corrected chi connectivity index (χ1v) is 6.23. The lowest BCUT2D eigenvalue weighted by Gasteiger charge is -2.14. The summed E-state index contributed by atoms with van der Waals surface area (Å²) in [6.07, 6.45) is 2.45. The van der Waals surface area contributed by atoms with Crippen LogP contribution in [0.25, 0.3) is 0 Å². The molecular weight excluding hydrogens is 196 g/mol. The summed E-state index contributed by atoms with van der Waals surface area (Å²) in [7, 11) is 2.00. The Morgan fingerprint density at radius 3 is 2.44 bits per heavy atom. The third kappa shape index (κ3) is 4.23. The van der Waals surface area contributed by atoms with E-state index < -0.39 is 0 Å². The molecule has 0 heterocycles. The van der Waals surface area contributed by atoms with E-state index in [1.165, 1.54) is 24.1 Å². The monoisotopic (exact) mass is 220 g/mol. The second-order valence-electron chi connectivity index (χ2n) is 4.48. The van der Waals surface area contributed by atoms with Crippen molar-refractivity contribution in [1.29, 1.82) is 0 Å². The molecule has 0 amide bonds. The molecule has 0 spiro atoms. The predicted molar refractivity (Wildman–Crippen MR) is 72.2 cm³/mol. The van der Waals surface area contributed by atoms with Gasteiger partial charge in [-0.1, -0.05) is 32.0 Å². The first kappa shape index (κ1) is 13.0. The zero-order valence-corrected chi connectivity index (χ0v) is 10.7. The second kappa shape index (κ2) is 7.29. The third-order valence-corrected chi connectivity index (χ3v) is 2.75. The van der Waals surface area contributed by atoms with Gasteiger partial charge >= 0.3 is 0 Å². The van der Waals surface area contributed by atoms with E-state index >= 15 is 0 Å². The molecule has 0 saturated heterocycles. The first-order valence-electron chi connectivity index (χ1n) is 6.23. The number of rotatable bonds is 7. The number of benzene rings is 1. The Morgan fingerprint density at radius 2 is 1.75 bits per heavy atom. The van der Waals surface area contributed by atoms with Gasteiger partial charge in [-0.05, 0) is 44.0 Å². The van der Waals surface area contributed by atoms with Gasteiger partial charge < -0.3 is 10.6 Å². The lowest BCUT2D eigenvalue weighted by atomic mass is 10.0. The summed E-state index contributed by atoms with van der Waals surface area (Å²) in [6, 6.07) is 8.59. The molecule has 2 N–H and O–H groups in total. The van der Waals surface area contributed by atoms with Crippen LogP contribution < -0.4 is 10.6 Å². The minimum atomic E-state index is 0.584. The minimum absolute atomic E-state index is 0.584. The molecule has 2 heteroatoms. The quantitative estimate of drug-likeness (QED) is 0.689. The first-order chi connectivity index (χ1) is 7.75. The van der Waals surface area contributed by atoms with Crippen LogP contribution in [0.4, 0.5) is 5.69 Å². The summed E-state index contributed by atoms with van der Waals surface area (Å²) in [5.74, 6) is 0.584. The Hall–Kier alpha value is -1.02. The lowest BCUT2D eigenvalue weighted by Crippen LogP contribution is -2.10. The van der Waals surface area contributed by atoms with Crippen LogP contribution >= 0.6 is 0 Å². The standard InChI is InChI=1S/C14H24N2/c1-12(2)13-8-4-5-9-14(13)16-11-7-6-10-15-3/h4-5,8-9,12,15-16H,6-7,10-11H2,1-3H3. The molecule has 0 aromatic heterocycles. The van der Waals surface area contributed by atoms with Crippen LogP contribution in [-0.2, 0) is 0 Å². The number of para-hydroxylation sites is 1. The SMILES string of the molecule is CNCCCCNc1ccccc1C(C)C. The van der Waals surface area contributed by atoms with Crippen molar-refractivity contribution in [3.63, 3.8) is 0 Å². The van der Waals surface area contributed by atoms with Crippen LogP contribution in [0.5, 0.6) is 0 Å². The van der Waals surface area contributed by atoms with E-state index in [-0.39, 0.29) is 0 Å². The number of hydrogen-bond acceptors (Lipinski definition) is 2. The molecule has 0 bridgehead atoms. The summed E-state index contributed by atoms with van der Waals surface area (Å²) in [4.78, 5) is 0. The number of anilines is 1. The van der Waals surface area contributed by atoms with Crippen molar-refractivity contribution in [2.24, 2.45) is 0 Å². The smallest absolute Gasteiger partial charge is 0.0375 e. The average Bonchev–Trinajstić information content (AvgIpc) is 2.29. The highest BCUT2D eigenvalue weighted by molar-refractivity contribution is 5.52. The van der Waals surface area contributed by atoms with E-state index in [4.69, 9.17) is 0 Å². The Bertz CT molecular complexity index is 295. The molecule has 2 nitrogen and oxygen atoms in total. The van der Waals surface area contributed by atoms with Gasteiger partial charge in [0.15, 0.2) is 0 Å². The highest BCUT2D eigenvalue weighted by Crippen LogP contribution is 2.23. The van der Waals surface area contributed by atoms with Gasteiger partial charge in [0.2, 0.25) is 0 Å². The fourth-order valence-corrected chi connectivity index (χ4v) is 1.81. The highest BCUT2D eigenvalue weighted by Gasteiger charge is 2.04. The Kier molecular flexibility index (Phi) is 5.94. The maximum absolute atomic E-state index is 3.53. The van der Waals surface area contributed by atoms with Crippen LogP contribution in [-0.4, -0.2) is 20.1 Å². The molecule has 0 saturated carbocycles. The summed E-state index contributed by atoms with van der Waals surface area (Å²) in [5.41, 5.74) is 2.71. The van der Waals surface area contributed by atoms with Crippen LogP contribution in [0.3, 0.4) is 0 Å². The molecule has 0 atom stereocenters. The van der Waals surface area contributed by atoms with Gasteiger partial charge in [-0.25, -0.2) is 0 Å². The van der Waals surface area contributed by atoms with Crippen molar-refractivity contribution in [3.05, 3.63) is 29.8 Å². The Morgan fingerprint density at radius 1 is 1.06 bits per heavy atom. The van der Waals surface area contributed by atoms with Gasteiger partial charge in [0.1, 0.15) is 0 Å². The maximum Gasteiger partial charge on any atom is 0.0375 e. The van der Waals surface area contributed by atoms with E-state index in [1.807, 2.05) is 7.05 Å². The van der Waals surface area contributed by atoms with Crippen LogP contribution in [0.1, 0.15) is 38.2 Å². The summed E-state index contributed by atoms with van der Waals surface area (Å²) < 4.78 is 0. The topological polar surface area (TPSA) is 24.1 Å². The van der Waals surface area contributed by atoms with Gasteiger partial charge in [-0.3, -0.25) is 0 Å². The number of hydrogen-bond donors (Lipinski definition) is 2. The van der Waals surface area contributed by atoms with Gasteiger partial charge in [-0.2, -0.15) is 0 Å². The lowest BCUT2D eigenvalue weighted by molar-refractivity contribution is 0.694. The van der Waals surface area contributed by atoms with Crippen LogP contribution in [0, 0.1) is 0 Å². The molecule has 1 rings (SSSR count). The van der Waals surface area contributed by atoms with E-state index in [2.05, 4.69) is 48.7 Å². The van der Waals surface area contributed by atoms with Crippen LogP contribution in [0.2, 0.25) is 0 Å². The summed E-state index contributed by atoms with van der Waals surface area (Å²) in [5, 5.41) is 6.69.